The van der Waals surface area contributed by atoms with E-state index in [1.54, 1.807) is 36.4 Å². The number of carbonyl (C=O) groups excluding carboxylic acids is 1. The number of nitrogens with two attached hydrogens (primary N) is 1. The predicted octanol–water partition coefficient (Wildman–Crippen LogP) is 2.23. The van der Waals surface area contributed by atoms with E-state index in [-0.39, 0.29) is 17.4 Å². The lowest BCUT2D eigenvalue weighted by atomic mass is 10.2. The summed E-state index contributed by atoms with van der Waals surface area (Å²) in [5.74, 6) is -0.290. The van der Waals surface area contributed by atoms with Crippen molar-refractivity contribution < 1.29 is 13.2 Å². The van der Waals surface area contributed by atoms with Crippen molar-refractivity contribution in [1.29, 1.82) is 0 Å². The molecule has 3 rings (SSSR count). The van der Waals surface area contributed by atoms with E-state index in [0.29, 0.717) is 24.1 Å². The smallest absolute Gasteiger partial charge is 0.244 e. The molecule has 2 aromatic rings. The first-order valence-corrected chi connectivity index (χ1v) is 9.62. The molecule has 1 amide bonds. The van der Waals surface area contributed by atoms with Gasteiger partial charge >= 0.3 is 0 Å². The minimum atomic E-state index is -3.29. The molecule has 0 unspecified atom stereocenters. The van der Waals surface area contributed by atoms with Crippen molar-refractivity contribution in [2.24, 2.45) is 5.73 Å². The Kier molecular flexibility index (Phi) is 4.43. The number of hydrogen-bond acceptors (Lipinski definition) is 4. The summed E-state index contributed by atoms with van der Waals surface area (Å²) in [6.07, 6.45) is 1.37. The molecule has 0 aliphatic heterocycles. The van der Waals surface area contributed by atoms with Crippen LogP contribution in [0.25, 0.3) is 0 Å². The van der Waals surface area contributed by atoms with Gasteiger partial charge in [0.2, 0.25) is 5.91 Å². The van der Waals surface area contributed by atoms with Crippen LogP contribution in [0.1, 0.15) is 24.0 Å². The predicted molar refractivity (Wildman–Crippen MR) is 94.0 cm³/mol. The number of hydrogen-bond donors (Lipinski definition) is 2. The first-order valence-electron chi connectivity index (χ1n) is 7.80. The van der Waals surface area contributed by atoms with E-state index in [4.69, 9.17) is 5.73 Å². The third kappa shape index (κ3) is 4.21. The average Bonchev–Trinajstić information content (AvgIpc) is 3.27. The molecular formula is C18H20N2O3S. The fourth-order valence-corrected chi connectivity index (χ4v) is 3.98. The number of anilines is 1. The van der Waals surface area contributed by atoms with Crippen LogP contribution < -0.4 is 11.1 Å². The van der Waals surface area contributed by atoms with E-state index in [1.807, 2.05) is 18.2 Å². The van der Waals surface area contributed by atoms with Crippen LogP contribution >= 0.6 is 0 Å². The molecule has 0 bridgehead atoms. The Morgan fingerprint density at radius 2 is 1.62 bits per heavy atom. The Hall–Kier alpha value is -2.18. The minimum absolute atomic E-state index is 0.00363. The monoisotopic (exact) mass is 344 g/mol. The van der Waals surface area contributed by atoms with E-state index in [0.717, 1.165) is 5.56 Å². The molecule has 6 heteroatoms. The van der Waals surface area contributed by atoms with Crippen LogP contribution in [0.15, 0.2) is 54.6 Å². The number of amides is 1. The molecule has 0 aromatic heterocycles. The van der Waals surface area contributed by atoms with Gasteiger partial charge < -0.3 is 11.1 Å². The summed E-state index contributed by atoms with van der Waals surface area (Å²) in [5.41, 5.74) is 7.08. The largest absolute Gasteiger partial charge is 0.324 e. The van der Waals surface area contributed by atoms with Gasteiger partial charge in [-0.3, -0.25) is 4.79 Å². The second-order valence-electron chi connectivity index (χ2n) is 6.33. The lowest BCUT2D eigenvalue weighted by molar-refractivity contribution is -0.118. The minimum Gasteiger partial charge on any atom is -0.324 e. The standard InChI is InChI=1S/C18H20N2O3S/c19-18(9-10-18)17(21)20-16-8-4-7-15(11-16)13-24(22,23)12-14-5-2-1-3-6-14/h1-8,11H,9-10,12-13,19H2,(H,20,21). The van der Waals surface area contributed by atoms with Crippen LogP contribution in [-0.4, -0.2) is 19.9 Å². The van der Waals surface area contributed by atoms with Crippen LogP contribution in [0.4, 0.5) is 5.69 Å². The lowest BCUT2D eigenvalue weighted by Crippen LogP contribution is -2.37. The van der Waals surface area contributed by atoms with E-state index in [1.165, 1.54) is 0 Å². The highest BCUT2D eigenvalue weighted by atomic mass is 32.2. The Morgan fingerprint density at radius 1 is 1.00 bits per heavy atom. The van der Waals surface area contributed by atoms with Crippen LogP contribution in [-0.2, 0) is 26.1 Å². The maximum Gasteiger partial charge on any atom is 0.244 e. The molecular weight excluding hydrogens is 324 g/mol. The first-order chi connectivity index (χ1) is 11.4. The summed E-state index contributed by atoms with van der Waals surface area (Å²) in [6, 6.07) is 16.0. The average molecular weight is 344 g/mol. The second kappa shape index (κ2) is 6.37. The van der Waals surface area contributed by atoms with E-state index >= 15 is 0 Å². The highest BCUT2D eigenvalue weighted by Crippen LogP contribution is 2.33. The van der Waals surface area contributed by atoms with Gasteiger partial charge in [-0.1, -0.05) is 42.5 Å². The van der Waals surface area contributed by atoms with Crippen molar-refractivity contribution in [3.8, 4) is 0 Å². The molecule has 5 nitrogen and oxygen atoms in total. The Balaban J connectivity index is 1.68. The van der Waals surface area contributed by atoms with Gasteiger partial charge in [-0.2, -0.15) is 0 Å². The van der Waals surface area contributed by atoms with Crippen LogP contribution in [0.2, 0.25) is 0 Å². The Labute approximate surface area is 141 Å². The summed E-state index contributed by atoms with van der Waals surface area (Å²) in [4.78, 5) is 12.0. The van der Waals surface area contributed by atoms with Gasteiger partial charge in [0.15, 0.2) is 9.84 Å². The maximum atomic E-state index is 12.4. The van der Waals surface area contributed by atoms with Gasteiger partial charge in [0, 0.05) is 5.69 Å². The topological polar surface area (TPSA) is 89.3 Å². The molecule has 0 radical (unpaired) electrons. The number of carbonyl (C=O) groups is 1. The summed E-state index contributed by atoms with van der Waals surface area (Å²) >= 11 is 0. The van der Waals surface area contributed by atoms with Gasteiger partial charge in [-0.15, -0.1) is 0 Å². The second-order valence-corrected chi connectivity index (χ2v) is 8.39. The Bertz CT molecular complexity index is 844. The molecule has 1 fully saturated rings. The van der Waals surface area contributed by atoms with Gasteiger partial charge in [-0.05, 0) is 36.1 Å². The highest BCUT2D eigenvalue weighted by Gasteiger charge is 2.45. The molecule has 2 aromatic carbocycles. The molecule has 0 saturated heterocycles. The zero-order valence-corrected chi connectivity index (χ0v) is 14.1. The number of rotatable bonds is 6. The van der Waals surface area contributed by atoms with Crippen molar-refractivity contribution in [3.63, 3.8) is 0 Å². The number of nitrogens with one attached hydrogen (secondary N) is 1. The van der Waals surface area contributed by atoms with Gasteiger partial charge in [-0.25, -0.2) is 8.42 Å². The van der Waals surface area contributed by atoms with Crippen LogP contribution in [0, 0.1) is 0 Å². The van der Waals surface area contributed by atoms with Gasteiger partial charge in [0.25, 0.3) is 0 Å². The van der Waals surface area contributed by atoms with Crippen molar-refractivity contribution in [3.05, 3.63) is 65.7 Å². The third-order valence-electron chi connectivity index (χ3n) is 4.04. The van der Waals surface area contributed by atoms with E-state index < -0.39 is 15.4 Å². The highest BCUT2D eigenvalue weighted by molar-refractivity contribution is 7.89. The molecule has 1 aliphatic carbocycles. The van der Waals surface area contributed by atoms with Gasteiger partial charge in [0.1, 0.15) is 0 Å². The molecule has 1 aliphatic rings. The lowest BCUT2D eigenvalue weighted by Gasteiger charge is -2.11. The molecule has 0 heterocycles. The summed E-state index contributed by atoms with van der Waals surface area (Å²) < 4.78 is 24.7. The molecule has 24 heavy (non-hydrogen) atoms. The van der Waals surface area contributed by atoms with Gasteiger partial charge in [0.05, 0.1) is 17.0 Å². The fraction of sp³-hybridized carbons (Fsp3) is 0.278. The van der Waals surface area contributed by atoms with Crippen molar-refractivity contribution in [1.82, 2.24) is 0 Å². The Morgan fingerprint density at radius 3 is 2.29 bits per heavy atom. The van der Waals surface area contributed by atoms with Crippen molar-refractivity contribution >= 4 is 21.4 Å². The van der Waals surface area contributed by atoms with Crippen molar-refractivity contribution in [2.45, 2.75) is 29.9 Å². The van der Waals surface area contributed by atoms with Crippen LogP contribution in [0.3, 0.4) is 0 Å². The molecule has 0 spiro atoms. The summed E-state index contributed by atoms with van der Waals surface area (Å²) in [6.45, 7) is 0. The van der Waals surface area contributed by atoms with Crippen molar-refractivity contribution in [2.75, 3.05) is 5.32 Å². The quantitative estimate of drug-likeness (QED) is 0.841. The molecule has 1 saturated carbocycles. The SMILES string of the molecule is NC1(C(=O)Nc2cccc(CS(=O)(=O)Cc3ccccc3)c2)CC1. The molecule has 126 valence electrons. The zero-order valence-electron chi connectivity index (χ0n) is 13.2. The number of benzene rings is 2. The van der Waals surface area contributed by atoms with E-state index in [2.05, 4.69) is 5.32 Å². The fourth-order valence-electron chi connectivity index (χ4n) is 2.49. The molecule has 3 N–H and O–H groups in total. The normalized spacial score (nSPS) is 15.7. The zero-order chi connectivity index (χ0) is 17.2. The van der Waals surface area contributed by atoms with Crippen LogP contribution in [0.5, 0.6) is 0 Å². The maximum absolute atomic E-state index is 12.4. The number of sulfone groups is 1. The summed E-state index contributed by atoms with van der Waals surface area (Å²) in [7, 11) is -3.29. The summed E-state index contributed by atoms with van der Waals surface area (Å²) in [5, 5.41) is 2.76. The first kappa shape index (κ1) is 16.7. The third-order valence-corrected chi connectivity index (χ3v) is 5.59. The molecule has 0 atom stereocenters. The van der Waals surface area contributed by atoms with E-state index in [9.17, 15) is 13.2 Å².